The van der Waals surface area contributed by atoms with Crippen molar-refractivity contribution >= 4 is 11.9 Å². The molecule has 2 heterocycles. The number of carbonyl (C=O) groups excluding carboxylic acids is 1. The van der Waals surface area contributed by atoms with Crippen molar-refractivity contribution in [3.05, 3.63) is 0 Å². The van der Waals surface area contributed by atoms with E-state index in [0.717, 1.165) is 32.6 Å². The number of carbonyl (C=O) groups is 2. The second-order valence-electron chi connectivity index (χ2n) is 6.30. The highest BCUT2D eigenvalue weighted by Gasteiger charge is 2.40. The number of likely N-dealkylation sites (tertiary alicyclic amines) is 1. The van der Waals surface area contributed by atoms with E-state index in [2.05, 4.69) is 10.2 Å². The van der Waals surface area contributed by atoms with Gasteiger partial charge in [0.25, 0.3) is 0 Å². The van der Waals surface area contributed by atoms with E-state index >= 15 is 0 Å². The molecule has 114 valence electrons. The van der Waals surface area contributed by atoms with Crippen LogP contribution in [0.3, 0.4) is 0 Å². The van der Waals surface area contributed by atoms with Gasteiger partial charge in [0, 0.05) is 45.7 Å². The molecule has 2 aliphatic rings. The summed E-state index contributed by atoms with van der Waals surface area (Å²) in [5, 5.41) is 12.1. The summed E-state index contributed by atoms with van der Waals surface area (Å²) < 4.78 is 0. The molecule has 0 radical (unpaired) electrons. The Labute approximate surface area is 120 Å². The summed E-state index contributed by atoms with van der Waals surface area (Å²) in [6.45, 7) is 8.82. The molecule has 2 rings (SSSR count). The minimum Gasteiger partial charge on any atom is -0.481 e. The van der Waals surface area contributed by atoms with Crippen LogP contribution in [0.5, 0.6) is 0 Å². The summed E-state index contributed by atoms with van der Waals surface area (Å²) in [5.41, 5.74) is -0.500. The molecule has 0 bridgehead atoms. The number of hydrogen-bond acceptors (Lipinski definition) is 4. The first-order valence-electron chi connectivity index (χ1n) is 7.38. The topological polar surface area (TPSA) is 72.9 Å². The molecule has 0 saturated carbocycles. The van der Waals surface area contributed by atoms with Crippen molar-refractivity contribution in [1.29, 1.82) is 0 Å². The smallest absolute Gasteiger partial charge is 0.303 e. The van der Waals surface area contributed by atoms with Crippen LogP contribution in [0, 0.1) is 5.92 Å². The number of hydrogen-bond donors (Lipinski definition) is 2. The van der Waals surface area contributed by atoms with Gasteiger partial charge >= 0.3 is 5.97 Å². The molecule has 0 spiro atoms. The summed E-state index contributed by atoms with van der Waals surface area (Å²) in [6.07, 6.45) is 0.966. The first-order chi connectivity index (χ1) is 9.41. The van der Waals surface area contributed by atoms with Crippen LogP contribution in [-0.2, 0) is 9.59 Å². The molecule has 0 aromatic carbocycles. The van der Waals surface area contributed by atoms with Gasteiger partial charge in [0.2, 0.25) is 5.91 Å². The molecule has 2 N–H and O–H groups in total. The predicted molar refractivity (Wildman–Crippen MR) is 75.5 cm³/mol. The minimum atomic E-state index is -0.773. The molecule has 0 aliphatic carbocycles. The summed E-state index contributed by atoms with van der Waals surface area (Å²) in [6, 6.07) is 0. The fourth-order valence-electron chi connectivity index (χ4n) is 3.18. The number of piperazine rings is 1. The van der Waals surface area contributed by atoms with Crippen molar-refractivity contribution in [1.82, 2.24) is 15.1 Å². The molecule has 0 aromatic heterocycles. The van der Waals surface area contributed by atoms with Gasteiger partial charge in [-0.05, 0) is 26.2 Å². The second-order valence-corrected chi connectivity index (χ2v) is 6.30. The van der Waals surface area contributed by atoms with Crippen LogP contribution in [-0.4, -0.2) is 71.6 Å². The Hall–Kier alpha value is -1.14. The number of carboxylic acids is 1. The van der Waals surface area contributed by atoms with Gasteiger partial charge in [-0.1, -0.05) is 0 Å². The van der Waals surface area contributed by atoms with Crippen LogP contribution in [0.4, 0.5) is 0 Å². The quantitative estimate of drug-likeness (QED) is 0.759. The van der Waals surface area contributed by atoms with E-state index in [1.54, 1.807) is 0 Å². The second kappa shape index (κ2) is 6.10. The molecule has 1 amide bonds. The third-order valence-corrected chi connectivity index (χ3v) is 4.47. The number of aliphatic carboxylic acids is 1. The predicted octanol–water partition coefficient (Wildman–Crippen LogP) is -0.00660. The molecular weight excluding hydrogens is 258 g/mol. The van der Waals surface area contributed by atoms with E-state index < -0.39 is 11.5 Å². The lowest BCUT2D eigenvalue weighted by Gasteiger charge is -2.41. The van der Waals surface area contributed by atoms with Gasteiger partial charge in [-0.15, -0.1) is 0 Å². The van der Waals surface area contributed by atoms with E-state index in [1.807, 2.05) is 18.7 Å². The Morgan fingerprint density at radius 3 is 2.50 bits per heavy atom. The molecule has 2 fully saturated rings. The highest BCUT2D eigenvalue weighted by Crippen LogP contribution is 2.25. The van der Waals surface area contributed by atoms with E-state index in [0.29, 0.717) is 13.1 Å². The van der Waals surface area contributed by atoms with E-state index in [-0.39, 0.29) is 18.2 Å². The van der Waals surface area contributed by atoms with Crippen molar-refractivity contribution in [2.75, 3.05) is 39.3 Å². The summed E-state index contributed by atoms with van der Waals surface area (Å²) in [4.78, 5) is 27.5. The lowest BCUT2D eigenvalue weighted by Crippen LogP contribution is -2.60. The number of carboxylic acid groups (broad SMARTS) is 1. The van der Waals surface area contributed by atoms with Crippen LogP contribution >= 0.6 is 0 Å². The molecule has 2 saturated heterocycles. The van der Waals surface area contributed by atoms with Crippen molar-refractivity contribution in [3.8, 4) is 0 Å². The molecule has 1 unspecified atom stereocenters. The lowest BCUT2D eigenvalue weighted by atomic mass is 9.99. The fourth-order valence-corrected chi connectivity index (χ4v) is 3.18. The highest BCUT2D eigenvalue weighted by atomic mass is 16.4. The Bertz CT molecular complexity index is 378. The number of rotatable bonds is 4. The maximum absolute atomic E-state index is 12.7. The average molecular weight is 283 g/mol. The standard InChI is InChI=1S/C14H25N3O3/c1-14(2,17-7-4-15-5-8-17)13(20)16-6-3-11(10-16)9-12(18)19/h11,15H,3-10H2,1-2H3,(H,18,19). The Kier molecular flexibility index (Phi) is 4.65. The first kappa shape index (κ1) is 15.3. The van der Waals surface area contributed by atoms with Crippen LogP contribution in [0.25, 0.3) is 0 Å². The van der Waals surface area contributed by atoms with Gasteiger partial charge in [-0.25, -0.2) is 0 Å². The van der Waals surface area contributed by atoms with Gasteiger partial charge in [0.1, 0.15) is 0 Å². The maximum Gasteiger partial charge on any atom is 0.303 e. The van der Waals surface area contributed by atoms with E-state index in [9.17, 15) is 9.59 Å². The number of amides is 1. The highest BCUT2D eigenvalue weighted by molar-refractivity contribution is 5.85. The van der Waals surface area contributed by atoms with Gasteiger partial charge in [-0.2, -0.15) is 0 Å². The monoisotopic (exact) mass is 283 g/mol. The zero-order valence-electron chi connectivity index (χ0n) is 12.4. The third-order valence-electron chi connectivity index (χ3n) is 4.47. The normalized spacial score (nSPS) is 24.9. The van der Waals surface area contributed by atoms with Crippen LogP contribution < -0.4 is 5.32 Å². The molecule has 6 nitrogen and oxygen atoms in total. The van der Waals surface area contributed by atoms with Crippen LogP contribution in [0.15, 0.2) is 0 Å². The Balaban J connectivity index is 1.94. The number of nitrogens with one attached hydrogen (secondary N) is 1. The minimum absolute atomic E-state index is 0.107. The van der Waals surface area contributed by atoms with Crippen molar-refractivity contribution in [2.24, 2.45) is 5.92 Å². The van der Waals surface area contributed by atoms with Gasteiger partial charge in [0.15, 0.2) is 0 Å². The molecule has 2 aliphatic heterocycles. The van der Waals surface area contributed by atoms with Gasteiger partial charge < -0.3 is 15.3 Å². The van der Waals surface area contributed by atoms with Crippen molar-refractivity contribution in [3.63, 3.8) is 0 Å². The Morgan fingerprint density at radius 2 is 1.90 bits per heavy atom. The summed E-state index contributed by atoms with van der Waals surface area (Å²) in [5.74, 6) is -0.534. The van der Waals surface area contributed by atoms with Crippen LogP contribution in [0.2, 0.25) is 0 Å². The molecule has 6 heteroatoms. The SMILES string of the molecule is CC(C)(C(=O)N1CCC(CC(=O)O)C1)N1CCNCC1. The zero-order chi connectivity index (χ0) is 14.8. The van der Waals surface area contributed by atoms with E-state index in [4.69, 9.17) is 5.11 Å². The fraction of sp³-hybridized carbons (Fsp3) is 0.857. The summed E-state index contributed by atoms with van der Waals surface area (Å²) >= 11 is 0. The largest absolute Gasteiger partial charge is 0.481 e. The van der Waals surface area contributed by atoms with Gasteiger partial charge in [-0.3, -0.25) is 14.5 Å². The number of nitrogens with zero attached hydrogens (tertiary/aromatic N) is 2. The molecule has 1 atom stereocenters. The Morgan fingerprint density at radius 1 is 1.25 bits per heavy atom. The van der Waals surface area contributed by atoms with Crippen LogP contribution in [0.1, 0.15) is 26.7 Å². The molecule has 0 aromatic rings. The average Bonchev–Trinajstić information content (AvgIpc) is 2.86. The third kappa shape index (κ3) is 3.30. The zero-order valence-corrected chi connectivity index (χ0v) is 12.4. The molecular formula is C14H25N3O3. The first-order valence-corrected chi connectivity index (χ1v) is 7.38. The van der Waals surface area contributed by atoms with E-state index in [1.165, 1.54) is 0 Å². The van der Waals surface area contributed by atoms with Crippen molar-refractivity contribution in [2.45, 2.75) is 32.2 Å². The summed E-state index contributed by atoms with van der Waals surface area (Å²) in [7, 11) is 0. The molecule has 20 heavy (non-hydrogen) atoms. The van der Waals surface area contributed by atoms with Crippen molar-refractivity contribution < 1.29 is 14.7 Å². The van der Waals surface area contributed by atoms with Gasteiger partial charge in [0.05, 0.1) is 5.54 Å². The lowest BCUT2D eigenvalue weighted by molar-refractivity contribution is -0.143. The maximum atomic E-state index is 12.7.